The fraction of sp³-hybridized carbons (Fsp3) is 0.345. The molecule has 0 aromatic heterocycles. The monoisotopic (exact) mass is 514 g/mol. The van der Waals surface area contributed by atoms with Crippen LogP contribution in [0.5, 0.6) is 0 Å². The number of carbonyl (C=O) groups excluding carboxylic acids is 4. The molecule has 0 radical (unpaired) electrons. The Morgan fingerprint density at radius 1 is 1.08 bits per heavy atom. The number of rotatable bonds is 6. The number of nitrogens with zero attached hydrogens (tertiary/aromatic N) is 3. The molecule has 9 nitrogen and oxygen atoms in total. The molecule has 9 heteroatoms. The van der Waals surface area contributed by atoms with E-state index in [0.717, 1.165) is 22.7 Å². The molecule has 2 saturated heterocycles. The first kappa shape index (κ1) is 25.7. The number of benzene rings is 2. The van der Waals surface area contributed by atoms with Crippen molar-refractivity contribution in [2.75, 3.05) is 13.1 Å². The summed E-state index contributed by atoms with van der Waals surface area (Å²) in [5, 5.41) is 13.7. The van der Waals surface area contributed by atoms with E-state index in [1.54, 1.807) is 30.5 Å². The molecule has 3 aliphatic heterocycles. The van der Waals surface area contributed by atoms with Crippen molar-refractivity contribution in [3.63, 3.8) is 0 Å². The molecule has 0 aliphatic carbocycles. The van der Waals surface area contributed by atoms with Gasteiger partial charge in [0.2, 0.25) is 11.8 Å². The molecule has 5 rings (SSSR count). The molecule has 1 atom stereocenters. The van der Waals surface area contributed by atoms with E-state index in [-0.39, 0.29) is 24.0 Å². The Labute approximate surface area is 220 Å². The summed E-state index contributed by atoms with van der Waals surface area (Å²) in [7, 11) is 0. The summed E-state index contributed by atoms with van der Waals surface area (Å²) in [5.74, 6) is -2.18. The summed E-state index contributed by atoms with van der Waals surface area (Å²) in [5.41, 5.74) is 3.00. The van der Waals surface area contributed by atoms with E-state index in [9.17, 15) is 24.3 Å². The molecule has 2 aromatic carbocycles. The Balaban J connectivity index is 1.27. The fourth-order valence-electron chi connectivity index (χ4n) is 5.48. The van der Waals surface area contributed by atoms with Gasteiger partial charge in [0.25, 0.3) is 11.8 Å². The quantitative estimate of drug-likeness (QED) is 0.452. The van der Waals surface area contributed by atoms with Crippen molar-refractivity contribution in [2.45, 2.75) is 50.8 Å². The lowest BCUT2D eigenvalue weighted by Crippen LogP contribution is -2.54. The van der Waals surface area contributed by atoms with E-state index < -0.39 is 35.3 Å². The maximum atomic E-state index is 13.2. The smallest absolute Gasteiger partial charge is 0.262 e. The number of amides is 4. The number of imide groups is 2. The van der Waals surface area contributed by atoms with E-state index in [2.05, 4.69) is 33.9 Å². The Bertz CT molecular complexity index is 1370. The summed E-state index contributed by atoms with van der Waals surface area (Å²) in [6.07, 6.45) is 4.44. The number of likely N-dealkylation sites (tertiary alicyclic amines) is 1. The number of aliphatic imine (C=N–C) groups is 1. The minimum absolute atomic E-state index is 0.0677. The highest BCUT2D eigenvalue weighted by Crippen LogP contribution is 2.37. The molecule has 38 heavy (non-hydrogen) atoms. The first-order valence-corrected chi connectivity index (χ1v) is 12.8. The topological polar surface area (TPSA) is 119 Å². The number of allylic oxidation sites excluding steroid dienone is 1. The van der Waals surface area contributed by atoms with E-state index >= 15 is 0 Å². The van der Waals surface area contributed by atoms with Gasteiger partial charge >= 0.3 is 0 Å². The zero-order valence-corrected chi connectivity index (χ0v) is 21.3. The van der Waals surface area contributed by atoms with Crippen LogP contribution in [0, 0.1) is 6.92 Å². The van der Waals surface area contributed by atoms with Gasteiger partial charge < -0.3 is 5.11 Å². The van der Waals surface area contributed by atoms with Crippen LogP contribution in [0.15, 0.2) is 54.0 Å². The van der Waals surface area contributed by atoms with Crippen molar-refractivity contribution in [2.24, 2.45) is 4.99 Å². The van der Waals surface area contributed by atoms with Gasteiger partial charge in [-0.2, -0.15) is 0 Å². The van der Waals surface area contributed by atoms with Gasteiger partial charge in [-0.15, -0.1) is 0 Å². The van der Waals surface area contributed by atoms with Crippen LogP contribution in [0.1, 0.15) is 63.1 Å². The maximum absolute atomic E-state index is 13.2. The van der Waals surface area contributed by atoms with Crippen LogP contribution in [0.3, 0.4) is 0 Å². The van der Waals surface area contributed by atoms with Gasteiger partial charge in [0.05, 0.1) is 22.4 Å². The molecule has 0 spiro atoms. The molecule has 4 amide bonds. The first-order chi connectivity index (χ1) is 18.2. The molecule has 2 aromatic rings. The Morgan fingerprint density at radius 3 is 2.50 bits per heavy atom. The second-order valence-electron chi connectivity index (χ2n) is 10.2. The summed E-state index contributed by atoms with van der Waals surface area (Å²) < 4.78 is 0. The predicted molar refractivity (Wildman–Crippen MR) is 141 cm³/mol. The number of aliphatic hydroxyl groups is 1. The lowest BCUT2D eigenvalue weighted by atomic mass is 9.83. The normalized spacial score (nSPS) is 21.6. The molecule has 3 aliphatic rings. The lowest BCUT2D eigenvalue weighted by Gasteiger charge is -2.38. The van der Waals surface area contributed by atoms with Crippen LogP contribution in [-0.2, 0) is 21.7 Å². The molecule has 2 fully saturated rings. The van der Waals surface area contributed by atoms with Crippen LogP contribution in [0.25, 0.3) is 0 Å². The van der Waals surface area contributed by atoms with Gasteiger partial charge in [0, 0.05) is 32.3 Å². The molecular weight excluding hydrogens is 484 g/mol. The highest BCUT2D eigenvalue weighted by Gasteiger charge is 2.45. The standard InChI is InChI=1S/C29H30N4O5/c1-3-12-30-23-7-4-19(15-18(23)2)17-32-13-10-29(38,11-14-32)20-5-6-21-22(16-20)28(37)33(27(21)36)24-8-9-25(34)31-26(24)35/h3-7,12,15-16,24,38H,1,8-11,13-14,17H2,2H3,(H,31,34,35). The van der Waals surface area contributed by atoms with E-state index in [1.807, 2.05) is 13.0 Å². The highest BCUT2D eigenvalue weighted by molar-refractivity contribution is 6.23. The average molecular weight is 515 g/mol. The van der Waals surface area contributed by atoms with Crippen LogP contribution in [0.2, 0.25) is 0 Å². The van der Waals surface area contributed by atoms with Crippen molar-refractivity contribution >= 4 is 35.5 Å². The van der Waals surface area contributed by atoms with E-state index in [4.69, 9.17) is 0 Å². The predicted octanol–water partition coefficient (Wildman–Crippen LogP) is 2.77. The van der Waals surface area contributed by atoms with Gasteiger partial charge in [0.15, 0.2) is 0 Å². The minimum atomic E-state index is -1.13. The minimum Gasteiger partial charge on any atom is -0.385 e. The third kappa shape index (κ3) is 4.70. The first-order valence-electron chi connectivity index (χ1n) is 12.8. The summed E-state index contributed by atoms with van der Waals surface area (Å²) in [4.78, 5) is 57.5. The van der Waals surface area contributed by atoms with Gasteiger partial charge in [-0.3, -0.25) is 39.3 Å². The lowest BCUT2D eigenvalue weighted by molar-refractivity contribution is -0.136. The van der Waals surface area contributed by atoms with Crippen LogP contribution >= 0.6 is 0 Å². The number of carbonyl (C=O) groups is 4. The van der Waals surface area contributed by atoms with Gasteiger partial charge in [-0.05, 0) is 61.1 Å². The molecule has 2 N–H and O–H groups in total. The van der Waals surface area contributed by atoms with E-state index in [0.29, 0.717) is 31.5 Å². The summed E-state index contributed by atoms with van der Waals surface area (Å²) in [6.45, 7) is 7.75. The van der Waals surface area contributed by atoms with Crippen molar-refractivity contribution in [3.8, 4) is 0 Å². The number of aryl methyl sites for hydroxylation is 1. The number of nitrogens with one attached hydrogen (secondary N) is 1. The summed E-state index contributed by atoms with van der Waals surface area (Å²) >= 11 is 0. The van der Waals surface area contributed by atoms with Crippen molar-refractivity contribution in [1.29, 1.82) is 0 Å². The molecule has 0 bridgehead atoms. The van der Waals surface area contributed by atoms with Crippen molar-refractivity contribution in [3.05, 3.63) is 76.9 Å². The molecule has 0 saturated carbocycles. The fourth-order valence-corrected chi connectivity index (χ4v) is 5.48. The van der Waals surface area contributed by atoms with Crippen LogP contribution < -0.4 is 5.32 Å². The number of hydrogen-bond donors (Lipinski definition) is 2. The van der Waals surface area contributed by atoms with E-state index in [1.165, 1.54) is 5.56 Å². The molecule has 196 valence electrons. The van der Waals surface area contributed by atoms with Crippen molar-refractivity contribution < 1.29 is 24.3 Å². The van der Waals surface area contributed by atoms with Crippen LogP contribution in [0.4, 0.5) is 5.69 Å². The Morgan fingerprint density at radius 2 is 1.82 bits per heavy atom. The average Bonchev–Trinajstić information content (AvgIpc) is 3.14. The third-order valence-corrected chi connectivity index (χ3v) is 7.65. The zero-order chi connectivity index (χ0) is 27.0. The second kappa shape index (κ2) is 10.1. The third-order valence-electron chi connectivity index (χ3n) is 7.65. The second-order valence-corrected chi connectivity index (χ2v) is 10.2. The van der Waals surface area contributed by atoms with Gasteiger partial charge in [-0.25, -0.2) is 0 Å². The Hall–Kier alpha value is -3.95. The molecule has 3 heterocycles. The number of fused-ring (bicyclic) bond motifs is 1. The summed E-state index contributed by atoms with van der Waals surface area (Å²) in [6, 6.07) is 9.99. The zero-order valence-electron chi connectivity index (χ0n) is 21.3. The number of hydrogen-bond acceptors (Lipinski definition) is 7. The SMILES string of the molecule is C=CC=Nc1ccc(CN2CCC(O)(c3ccc4c(c3)C(=O)N(C3CCC(=O)NC3=O)C4=O)CC2)cc1C. The van der Waals surface area contributed by atoms with Crippen LogP contribution in [-0.4, -0.2) is 63.9 Å². The van der Waals surface area contributed by atoms with Crippen molar-refractivity contribution in [1.82, 2.24) is 15.1 Å². The molecular formula is C29H30N4O5. The number of piperidine rings is 2. The maximum Gasteiger partial charge on any atom is 0.262 e. The largest absolute Gasteiger partial charge is 0.385 e. The van der Waals surface area contributed by atoms with Gasteiger partial charge in [-0.1, -0.05) is 30.9 Å². The Kier molecular flexibility index (Phi) is 6.81. The van der Waals surface area contributed by atoms with Gasteiger partial charge in [0.1, 0.15) is 6.04 Å². The highest BCUT2D eigenvalue weighted by atomic mass is 16.3. The molecule has 1 unspecified atom stereocenters.